The van der Waals surface area contributed by atoms with Crippen LogP contribution in [0, 0.1) is 17.2 Å². The highest BCUT2D eigenvalue weighted by molar-refractivity contribution is 6.30. The lowest BCUT2D eigenvalue weighted by Gasteiger charge is -2.32. The third-order valence-corrected chi connectivity index (χ3v) is 3.27. The topological polar surface area (TPSA) is 77.8 Å². The maximum absolute atomic E-state index is 13.5. The van der Waals surface area contributed by atoms with Crippen LogP contribution in [0.1, 0.15) is 0 Å². The van der Waals surface area contributed by atoms with Crippen LogP contribution in [-0.2, 0) is 4.79 Å². The second kappa shape index (κ2) is 4.93. The maximum atomic E-state index is 13.5. The fraction of sp³-hybridized carbons (Fsp3) is 0.250. The van der Waals surface area contributed by atoms with Crippen molar-refractivity contribution >= 4 is 23.3 Å². The normalized spacial score (nSPS) is 25.4. The van der Waals surface area contributed by atoms with Crippen LogP contribution in [0.2, 0.25) is 5.02 Å². The van der Waals surface area contributed by atoms with Gasteiger partial charge in [-0.15, -0.1) is 0 Å². The van der Waals surface area contributed by atoms with Gasteiger partial charge in [-0.05, 0) is 12.1 Å². The van der Waals surface area contributed by atoms with E-state index in [1.54, 1.807) is 0 Å². The molecular weight excluding hydrogens is 309 g/mol. The number of aromatic nitrogens is 1. The van der Waals surface area contributed by atoms with E-state index in [4.69, 9.17) is 16.9 Å². The molecule has 0 aliphatic carbocycles. The lowest BCUT2D eigenvalue weighted by molar-refractivity contribution is -0.185. The number of hydrogen-bond acceptors (Lipinski definition) is 4. The van der Waals surface area contributed by atoms with E-state index < -0.39 is 23.5 Å². The zero-order valence-electron chi connectivity index (χ0n) is 10.3. The molecule has 2 heterocycles. The Bertz CT molecular complexity index is 637. The Hall–Kier alpha value is -2.27. The molecule has 1 aliphatic heterocycles. The number of anilines is 1. The summed E-state index contributed by atoms with van der Waals surface area (Å²) in [5.74, 6) is -3.45. The SMILES string of the molecule is C=C1NC(=O)[C@@](Nc2ccc(Cl)cn2)(C(F)(F)F)[C@H]1C#N. The van der Waals surface area contributed by atoms with Crippen molar-refractivity contribution < 1.29 is 18.0 Å². The number of nitrogens with zero attached hydrogens (tertiary/aromatic N) is 2. The van der Waals surface area contributed by atoms with Crippen LogP contribution in [-0.4, -0.2) is 22.6 Å². The lowest BCUT2D eigenvalue weighted by Crippen LogP contribution is -2.60. The Kier molecular flexibility index (Phi) is 3.55. The summed E-state index contributed by atoms with van der Waals surface area (Å²) in [4.78, 5) is 15.5. The van der Waals surface area contributed by atoms with E-state index in [2.05, 4.69) is 11.6 Å². The summed E-state index contributed by atoms with van der Waals surface area (Å²) in [7, 11) is 0. The molecule has 1 amide bonds. The third-order valence-electron chi connectivity index (χ3n) is 3.04. The van der Waals surface area contributed by atoms with Gasteiger partial charge in [0.15, 0.2) is 0 Å². The minimum Gasteiger partial charge on any atom is -0.347 e. The number of amides is 1. The Labute approximate surface area is 122 Å². The van der Waals surface area contributed by atoms with Gasteiger partial charge in [0.05, 0.1) is 11.1 Å². The van der Waals surface area contributed by atoms with E-state index in [0.29, 0.717) is 0 Å². The molecule has 9 heteroatoms. The van der Waals surface area contributed by atoms with E-state index >= 15 is 0 Å². The van der Waals surface area contributed by atoms with Crippen molar-refractivity contribution in [1.82, 2.24) is 10.3 Å². The molecule has 1 aromatic rings. The van der Waals surface area contributed by atoms with Gasteiger partial charge < -0.3 is 10.6 Å². The van der Waals surface area contributed by atoms with Crippen molar-refractivity contribution in [3.05, 3.63) is 35.6 Å². The van der Waals surface area contributed by atoms with E-state index in [-0.39, 0.29) is 16.5 Å². The summed E-state index contributed by atoms with van der Waals surface area (Å²) in [5.41, 5.74) is -3.46. The van der Waals surface area contributed by atoms with Gasteiger partial charge in [0.1, 0.15) is 11.7 Å². The van der Waals surface area contributed by atoms with Gasteiger partial charge in [-0.25, -0.2) is 4.98 Å². The van der Waals surface area contributed by atoms with Crippen molar-refractivity contribution in [3.8, 4) is 6.07 Å². The van der Waals surface area contributed by atoms with Gasteiger partial charge in [0.2, 0.25) is 5.54 Å². The number of nitrogens with one attached hydrogen (secondary N) is 2. The fourth-order valence-electron chi connectivity index (χ4n) is 2.03. The summed E-state index contributed by atoms with van der Waals surface area (Å²) in [6.45, 7) is 3.29. The standard InChI is InChI=1S/C12H8ClF3N4O/c1-6-8(4-17)11(10(21)19-6,12(14,15)16)20-9-3-2-7(13)5-18-9/h2-3,5,8H,1H2,(H,18,20)(H,19,21)/t8-,11+/m0/s1. The lowest BCUT2D eigenvalue weighted by atomic mass is 9.85. The molecule has 1 fully saturated rings. The van der Waals surface area contributed by atoms with E-state index in [0.717, 1.165) is 6.20 Å². The van der Waals surface area contributed by atoms with Gasteiger partial charge in [0.25, 0.3) is 5.91 Å². The molecule has 0 spiro atoms. The van der Waals surface area contributed by atoms with Crippen LogP contribution in [0.25, 0.3) is 0 Å². The van der Waals surface area contributed by atoms with E-state index in [1.165, 1.54) is 18.2 Å². The minimum absolute atomic E-state index is 0.221. The molecule has 0 unspecified atom stereocenters. The highest BCUT2D eigenvalue weighted by Crippen LogP contribution is 2.44. The van der Waals surface area contributed by atoms with Crippen LogP contribution >= 0.6 is 11.6 Å². The molecule has 0 radical (unpaired) electrons. The van der Waals surface area contributed by atoms with Crippen LogP contribution < -0.4 is 10.6 Å². The first kappa shape index (κ1) is 15.1. The molecule has 1 saturated heterocycles. The van der Waals surface area contributed by atoms with Crippen molar-refractivity contribution in [3.63, 3.8) is 0 Å². The summed E-state index contributed by atoms with van der Waals surface area (Å²) >= 11 is 5.60. The molecule has 0 aromatic carbocycles. The molecule has 5 nitrogen and oxygen atoms in total. The molecule has 2 atom stereocenters. The summed E-state index contributed by atoms with van der Waals surface area (Å²) in [6, 6.07) is 3.94. The average Bonchev–Trinajstić information content (AvgIpc) is 2.63. The second-order valence-corrected chi connectivity index (χ2v) is 4.77. The van der Waals surface area contributed by atoms with Gasteiger partial charge in [-0.3, -0.25) is 4.79 Å². The van der Waals surface area contributed by atoms with Crippen molar-refractivity contribution in [2.75, 3.05) is 5.32 Å². The summed E-state index contributed by atoms with van der Waals surface area (Å²) < 4.78 is 40.4. The Morgan fingerprint density at radius 2 is 2.19 bits per heavy atom. The zero-order chi connectivity index (χ0) is 15.8. The highest BCUT2D eigenvalue weighted by atomic mass is 35.5. The maximum Gasteiger partial charge on any atom is 0.422 e. The van der Waals surface area contributed by atoms with Crippen molar-refractivity contribution in [2.45, 2.75) is 11.7 Å². The number of nitriles is 1. The van der Waals surface area contributed by atoms with Gasteiger partial charge in [-0.2, -0.15) is 18.4 Å². The molecule has 21 heavy (non-hydrogen) atoms. The van der Waals surface area contributed by atoms with Crippen molar-refractivity contribution in [2.24, 2.45) is 5.92 Å². The van der Waals surface area contributed by atoms with Crippen LogP contribution in [0.5, 0.6) is 0 Å². The molecule has 2 N–H and O–H groups in total. The van der Waals surface area contributed by atoms with Gasteiger partial charge in [0, 0.05) is 11.9 Å². The predicted molar refractivity (Wildman–Crippen MR) is 68.0 cm³/mol. The second-order valence-electron chi connectivity index (χ2n) is 4.33. The number of carbonyl (C=O) groups is 1. The van der Waals surface area contributed by atoms with Crippen LogP contribution in [0.3, 0.4) is 0 Å². The zero-order valence-corrected chi connectivity index (χ0v) is 11.1. The van der Waals surface area contributed by atoms with Gasteiger partial charge in [-0.1, -0.05) is 18.2 Å². The van der Waals surface area contributed by atoms with E-state index in [1.807, 2.05) is 10.6 Å². The Morgan fingerprint density at radius 1 is 1.52 bits per heavy atom. The number of hydrogen-bond donors (Lipinski definition) is 2. The summed E-state index contributed by atoms with van der Waals surface area (Å²) in [5, 5.41) is 13.2. The quantitative estimate of drug-likeness (QED) is 0.877. The smallest absolute Gasteiger partial charge is 0.347 e. The molecule has 110 valence electrons. The molecule has 2 rings (SSSR count). The fourth-order valence-corrected chi connectivity index (χ4v) is 2.14. The van der Waals surface area contributed by atoms with E-state index in [9.17, 15) is 18.0 Å². The summed E-state index contributed by atoms with van der Waals surface area (Å²) in [6.07, 6.45) is -3.91. The number of rotatable bonds is 2. The van der Waals surface area contributed by atoms with Crippen LogP contribution in [0.4, 0.5) is 19.0 Å². The predicted octanol–water partition coefficient (Wildman–Crippen LogP) is 2.23. The molecule has 0 saturated carbocycles. The average molecular weight is 317 g/mol. The number of carbonyl (C=O) groups excluding carboxylic acids is 1. The molecule has 1 aliphatic rings. The number of halogens is 4. The Morgan fingerprint density at radius 3 is 2.67 bits per heavy atom. The molecular formula is C12H8ClF3N4O. The Balaban J connectivity index is 2.53. The first-order valence-electron chi connectivity index (χ1n) is 5.58. The largest absolute Gasteiger partial charge is 0.422 e. The number of pyridine rings is 1. The first-order chi connectivity index (χ1) is 9.72. The monoisotopic (exact) mass is 316 g/mol. The highest BCUT2D eigenvalue weighted by Gasteiger charge is 2.69. The number of alkyl halides is 3. The first-order valence-corrected chi connectivity index (χ1v) is 5.96. The molecule has 1 aromatic heterocycles. The van der Waals surface area contributed by atoms with Gasteiger partial charge >= 0.3 is 6.18 Å². The minimum atomic E-state index is -5.03. The van der Waals surface area contributed by atoms with Crippen molar-refractivity contribution in [1.29, 1.82) is 5.26 Å². The van der Waals surface area contributed by atoms with Crippen LogP contribution in [0.15, 0.2) is 30.6 Å². The third kappa shape index (κ3) is 2.29. The molecule has 0 bridgehead atoms.